The van der Waals surface area contributed by atoms with Crippen LogP contribution in [0.4, 0.5) is 0 Å². The number of unbranched alkanes of at least 4 members (excludes halogenated alkanes) is 1. The predicted molar refractivity (Wildman–Crippen MR) is 79.9 cm³/mol. The highest BCUT2D eigenvalue weighted by molar-refractivity contribution is 5.90. The molecule has 10 N–H and O–H groups in total. The van der Waals surface area contributed by atoms with Crippen molar-refractivity contribution in [2.45, 2.75) is 44.2 Å². The van der Waals surface area contributed by atoms with Gasteiger partial charge in [-0.1, -0.05) is 6.42 Å². The lowest BCUT2D eigenvalue weighted by Gasteiger charge is -2.13. The minimum absolute atomic E-state index is 0.0234. The molecule has 0 aliphatic heterocycles. The Kier molecular flexibility index (Phi) is 10.1. The molecule has 0 rings (SSSR count). The van der Waals surface area contributed by atoms with Gasteiger partial charge < -0.3 is 33.4 Å². The van der Waals surface area contributed by atoms with Crippen LogP contribution in [-0.4, -0.2) is 43.1 Å². The fourth-order valence-electron chi connectivity index (χ4n) is 1.51. The van der Waals surface area contributed by atoms with Gasteiger partial charge >= 0.3 is 11.9 Å². The van der Waals surface area contributed by atoms with Crippen molar-refractivity contribution in [3.8, 4) is 0 Å². The fraction of sp³-hybridized carbons (Fsp3) is 0.750. The first-order valence-corrected chi connectivity index (χ1v) is 6.90. The van der Waals surface area contributed by atoms with Crippen molar-refractivity contribution >= 4 is 17.9 Å². The highest BCUT2D eigenvalue weighted by atomic mass is 16.6. The molecule has 0 bridgehead atoms. The lowest BCUT2D eigenvalue weighted by molar-refractivity contribution is -0.161. The molecule has 122 valence electrons. The van der Waals surface area contributed by atoms with Gasteiger partial charge in [0.25, 0.3) is 0 Å². The molecule has 0 aromatic rings. The van der Waals surface area contributed by atoms with Crippen LogP contribution >= 0.6 is 0 Å². The van der Waals surface area contributed by atoms with Crippen LogP contribution in [0, 0.1) is 0 Å². The van der Waals surface area contributed by atoms with E-state index in [0.717, 1.165) is 6.42 Å². The van der Waals surface area contributed by atoms with Crippen molar-refractivity contribution in [1.29, 1.82) is 0 Å². The zero-order chi connectivity index (χ0) is 16.3. The molecule has 0 fully saturated rings. The number of nitrogens with two attached hydrogens (primary N) is 5. The summed E-state index contributed by atoms with van der Waals surface area (Å²) >= 11 is 0. The maximum absolute atomic E-state index is 11.6. The van der Waals surface area contributed by atoms with Gasteiger partial charge in [0.05, 0.1) is 0 Å². The normalized spacial score (nSPS) is 13.3. The first kappa shape index (κ1) is 19.3. The van der Waals surface area contributed by atoms with Crippen LogP contribution in [0.15, 0.2) is 4.99 Å². The van der Waals surface area contributed by atoms with Gasteiger partial charge in [-0.25, -0.2) is 9.59 Å². The smallest absolute Gasteiger partial charge is 0.330 e. The lowest BCUT2D eigenvalue weighted by atomic mass is 10.1. The number of carbonyl (C=O) groups excluding carboxylic acids is 2. The Balaban J connectivity index is 3.99. The summed E-state index contributed by atoms with van der Waals surface area (Å²) in [6.07, 6.45) is 2.70. The molecule has 0 radical (unpaired) electrons. The summed E-state index contributed by atoms with van der Waals surface area (Å²) < 4.78 is 4.64. The molecule has 0 unspecified atom stereocenters. The van der Waals surface area contributed by atoms with E-state index >= 15 is 0 Å². The second-order valence-corrected chi connectivity index (χ2v) is 4.69. The molecule has 0 aliphatic carbocycles. The van der Waals surface area contributed by atoms with Gasteiger partial charge in [0.2, 0.25) is 0 Å². The Labute approximate surface area is 124 Å². The number of hydrogen-bond acceptors (Lipinski definition) is 7. The number of rotatable bonds is 10. The number of aliphatic imine (C=N–C) groups is 1. The molecule has 9 heteroatoms. The number of nitrogens with zero attached hydrogens (tertiary/aromatic N) is 1. The van der Waals surface area contributed by atoms with E-state index in [1.165, 1.54) is 0 Å². The summed E-state index contributed by atoms with van der Waals surface area (Å²) in [6, 6.07) is -1.74. The standard InChI is InChI=1S/C12H26N6O3/c13-6-2-1-4-8(14)10(19)21-11(20)9(15)5-3-7-18-12(16)17/h8-9H,1-7,13-15H2,(H4,16,17,18)/t8-,9-/m0/s1. The summed E-state index contributed by atoms with van der Waals surface area (Å²) in [6.45, 7) is 0.886. The number of carbonyl (C=O) groups is 2. The highest BCUT2D eigenvalue weighted by Crippen LogP contribution is 2.03. The van der Waals surface area contributed by atoms with Crippen molar-refractivity contribution < 1.29 is 14.3 Å². The van der Waals surface area contributed by atoms with Crippen molar-refractivity contribution in [1.82, 2.24) is 0 Å². The first-order chi connectivity index (χ1) is 9.88. The second kappa shape index (κ2) is 11.0. The van der Waals surface area contributed by atoms with Crippen LogP contribution in [-0.2, 0) is 14.3 Å². The van der Waals surface area contributed by atoms with E-state index in [4.69, 9.17) is 28.7 Å². The third-order valence-electron chi connectivity index (χ3n) is 2.74. The molecule has 0 amide bonds. The van der Waals surface area contributed by atoms with E-state index in [1.54, 1.807) is 0 Å². The molecule has 0 saturated heterocycles. The quantitative estimate of drug-likeness (QED) is 0.0996. The Hall–Kier alpha value is -1.71. The maximum Gasteiger partial charge on any atom is 0.330 e. The Morgan fingerprint density at radius 1 is 0.952 bits per heavy atom. The van der Waals surface area contributed by atoms with E-state index in [1.807, 2.05) is 0 Å². The van der Waals surface area contributed by atoms with Crippen LogP contribution in [0.5, 0.6) is 0 Å². The average molecular weight is 302 g/mol. The SMILES string of the molecule is NCCCC[C@H](N)C(=O)OC(=O)[C@@H](N)CCCN=C(N)N. The second-order valence-electron chi connectivity index (χ2n) is 4.69. The molecule has 0 saturated carbocycles. The third-order valence-corrected chi connectivity index (χ3v) is 2.74. The molecule has 0 spiro atoms. The van der Waals surface area contributed by atoms with Gasteiger partial charge in [-0.2, -0.15) is 0 Å². The molecule has 0 aromatic heterocycles. The number of guanidine groups is 1. The summed E-state index contributed by atoms with van der Waals surface area (Å²) in [4.78, 5) is 26.9. The number of esters is 2. The van der Waals surface area contributed by atoms with E-state index in [9.17, 15) is 9.59 Å². The van der Waals surface area contributed by atoms with Gasteiger partial charge in [-0.05, 0) is 32.2 Å². The Bertz CT molecular complexity index is 357. The summed E-state index contributed by atoms with van der Waals surface area (Å²) in [5.41, 5.74) is 26.9. The van der Waals surface area contributed by atoms with Gasteiger partial charge in [0, 0.05) is 6.54 Å². The molecule has 0 aromatic carbocycles. The van der Waals surface area contributed by atoms with E-state index < -0.39 is 24.0 Å². The van der Waals surface area contributed by atoms with E-state index in [-0.39, 0.29) is 5.96 Å². The molecular formula is C12H26N6O3. The molecule has 2 atom stereocenters. The van der Waals surface area contributed by atoms with E-state index in [0.29, 0.717) is 38.8 Å². The van der Waals surface area contributed by atoms with Gasteiger partial charge in [0.1, 0.15) is 12.1 Å². The lowest BCUT2D eigenvalue weighted by Crippen LogP contribution is -2.39. The predicted octanol–water partition coefficient (Wildman–Crippen LogP) is -2.11. The first-order valence-electron chi connectivity index (χ1n) is 6.90. The van der Waals surface area contributed by atoms with Gasteiger partial charge in [0.15, 0.2) is 5.96 Å². The largest absolute Gasteiger partial charge is 0.391 e. The van der Waals surface area contributed by atoms with Crippen LogP contribution < -0.4 is 28.7 Å². The topological polar surface area (TPSA) is 186 Å². The number of hydrogen-bond donors (Lipinski definition) is 5. The number of ether oxygens (including phenoxy) is 1. The fourth-order valence-corrected chi connectivity index (χ4v) is 1.51. The van der Waals surface area contributed by atoms with Crippen LogP contribution in [0.3, 0.4) is 0 Å². The Morgan fingerprint density at radius 2 is 1.48 bits per heavy atom. The molecule has 21 heavy (non-hydrogen) atoms. The van der Waals surface area contributed by atoms with Crippen molar-refractivity contribution in [3.05, 3.63) is 0 Å². The zero-order valence-corrected chi connectivity index (χ0v) is 12.2. The molecule has 0 aliphatic rings. The summed E-state index contributed by atoms with van der Waals surface area (Å²) in [5, 5.41) is 0. The molecule has 0 heterocycles. The summed E-state index contributed by atoms with van der Waals surface area (Å²) in [7, 11) is 0. The molecule has 9 nitrogen and oxygen atoms in total. The zero-order valence-electron chi connectivity index (χ0n) is 12.2. The minimum Gasteiger partial charge on any atom is -0.391 e. The van der Waals surface area contributed by atoms with Crippen LogP contribution in [0.1, 0.15) is 32.1 Å². The average Bonchev–Trinajstić information content (AvgIpc) is 2.43. The Morgan fingerprint density at radius 3 is 1.95 bits per heavy atom. The van der Waals surface area contributed by atoms with Crippen molar-refractivity contribution in [2.24, 2.45) is 33.7 Å². The highest BCUT2D eigenvalue weighted by Gasteiger charge is 2.22. The van der Waals surface area contributed by atoms with Gasteiger partial charge in [-0.15, -0.1) is 0 Å². The molecular weight excluding hydrogens is 276 g/mol. The van der Waals surface area contributed by atoms with Crippen LogP contribution in [0.2, 0.25) is 0 Å². The minimum atomic E-state index is -0.903. The van der Waals surface area contributed by atoms with Crippen LogP contribution in [0.25, 0.3) is 0 Å². The van der Waals surface area contributed by atoms with E-state index in [2.05, 4.69) is 9.73 Å². The monoisotopic (exact) mass is 302 g/mol. The van der Waals surface area contributed by atoms with Crippen molar-refractivity contribution in [2.75, 3.05) is 13.1 Å². The maximum atomic E-state index is 11.6. The van der Waals surface area contributed by atoms with Crippen molar-refractivity contribution in [3.63, 3.8) is 0 Å². The summed E-state index contributed by atoms with van der Waals surface area (Å²) in [5.74, 6) is -1.58. The third kappa shape index (κ3) is 9.77. The van der Waals surface area contributed by atoms with Gasteiger partial charge in [-0.3, -0.25) is 4.99 Å².